The number of halogens is 1. The summed E-state index contributed by atoms with van der Waals surface area (Å²) < 4.78 is 0. The maximum atomic E-state index is 10.1. The summed E-state index contributed by atoms with van der Waals surface area (Å²) in [7, 11) is 0. The van der Waals surface area contributed by atoms with E-state index in [0.717, 1.165) is 0 Å². The van der Waals surface area contributed by atoms with Crippen LogP contribution in [0.5, 0.6) is 0 Å². The molecule has 0 spiro atoms. The first-order valence-corrected chi connectivity index (χ1v) is 2.71. The fraction of sp³-hybridized carbons (Fsp3) is 0.167. The lowest BCUT2D eigenvalue weighted by molar-refractivity contribution is -0.132. The summed E-state index contributed by atoms with van der Waals surface area (Å²) in [4.78, 5) is 10.1. The smallest absolute Gasteiger partial charge is 0.336 e. The first-order valence-electron chi connectivity index (χ1n) is 2.34. The van der Waals surface area contributed by atoms with E-state index in [2.05, 4.69) is 6.58 Å². The Morgan fingerprint density at radius 3 is 2.33 bits per heavy atom. The number of carboxylic acids is 1. The molecule has 0 rings (SSSR count). The number of carbonyl (C=O) groups is 1. The number of aliphatic carboxylic acids is 1. The van der Waals surface area contributed by atoms with E-state index in [0.29, 0.717) is 0 Å². The average molecular weight is 147 g/mol. The second-order valence-electron chi connectivity index (χ2n) is 1.42. The second-order valence-corrected chi connectivity index (χ2v) is 1.83. The minimum atomic E-state index is -1.09. The molecule has 0 aromatic heterocycles. The lowest BCUT2D eigenvalue weighted by Crippen LogP contribution is -1.97. The molecule has 0 saturated carbocycles. The molecule has 50 valence electrons. The third-order valence-electron chi connectivity index (χ3n) is 0.800. The van der Waals surface area contributed by atoms with E-state index in [1.165, 1.54) is 6.08 Å². The molecule has 0 aromatic rings. The van der Waals surface area contributed by atoms with E-state index < -0.39 is 5.97 Å². The Morgan fingerprint density at radius 2 is 2.22 bits per heavy atom. The third-order valence-corrected chi connectivity index (χ3v) is 1.25. The van der Waals surface area contributed by atoms with Crippen molar-refractivity contribution >= 4 is 17.6 Å². The van der Waals surface area contributed by atoms with Gasteiger partial charge in [-0.05, 0) is 6.92 Å². The first-order chi connectivity index (χ1) is 4.09. The molecule has 0 aliphatic rings. The zero-order valence-corrected chi connectivity index (χ0v) is 5.77. The van der Waals surface area contributed by atoms with E-state index in [9.17, 15) is 4.79 Å². The molecule has 9 heavy (non-hydrogen) atoms. The molecular formula is C6H7ClO2. The molecule has 1 N–H and O–H groups in total. The van der Waals surface area contributed by atoms with Crippen LogP contribution in [0.1, 0.15) is 6.92 Å². The zero-order chi connectivity index (χ0) is 7.44. The first kappa shape index (κ1) is 8.24. The summed E-state index contributed by atoms with van der Waals surface area (Å²) in [6.45, 7) is 4.87. The Balaban J connectivity index is 4.23. The molecule has 0 aliphatic carbocycles. The highest BCUT2D eigenvalue weighted by Gasteiger charge is 2.05. The summed E-state index contributed by atoms with van der Waals surface area (Å²) in [6.07, 6.45) is 1.48. The molecule has 0 atom stereocenters. The highest BCUT2D eigenvalue weighted by molar-refractivity contribution is 6.34. The second kappa shape index (κ2) is 3.30. The Labute approximate surface area is 58.4 Å². The lowest BCUT2D eigenvalue weighted by Gasteiger charge is -1.93. The van der Waals surface area contributed by atoms with Crippen LogP contribution in [0.2, 0.25) is 0 Å². The average Bonchev–Trinajstić information content (AvgIpc) is 1.84. The van der Waals surface area contributed by atoms with Crippen LogP contribution < -0.4 is 0 Å². The van der Waals surface area contributed by atoms with E-state index in [1.807, 2.05) is 0 Å². The van der Waals surface area contributed by atoms with Gasteiger partial charge in [0.15, 0.2) is 0 Å². The van der Waals surface area contributed by atoms with Gasteiger partial charge < -0.3 is 5.11 Å². The number of allylic oxidation sites excluding steroid dienone is 1. The minimum Gasteiger partial charge on any atom is -0.478 e. The fourth-order valence-corrected chi connectivity index (χ4v) is 0.357. The van der Waals surface area contributed by atoms with Gasteiger partial charge >= 0.3 is 5.97 Å². The van der Waals surface area contributed by atoms with Gasteiger partial charge in [0.05, 0.1) is 10.6 Å². The van der Waals surface area contributed by atoms with Crippen molar-refractivity contribution in [3.05, 3.63) is 23.3 Å². The van der Waals surface area contributed by atoms with Crippen LogP contribution in [-0.2, 0) is 4.79 Å². The summed E-state index contributed by atoms with van der Waals surface area (Å²) in [5.74, 6) is -1.09. The maximum absolute atomic E-state index is 10.1. The minimum absolute atomic E-state index is 0.0702. The summed E-state index contributed by atoms with van der Waals surface area (Å²) in [5.41, 5.74) is -0.0702. The molecule has 2 nitrogen and oxygen atoms in total. The highest BCUT2D eigenvalue weighted by atomic mass is 35.5. The van der Waals surface area contributed by atoms with Gasteiger partial charge in [0, 0.05) is 0 Å². The van der Waals surface area contributed by atoms with Crippen LogP contribution in [-0.4, -0.2) is 11.1 Å². The fourth-order valence-electron chi connectivity index (χ4n) is 0.276. The number of hydrogen-bond donors (Lipinski definition) is 1. The van der Waals surface area contributed by atoms with Gasteiger partial charge in [-0.3, -0.25) is 0 Å². The van der Waals surface area contributed by atoms with Crippen LogP contribution in [0.25, 0.3) is 0 Å². The predicted octanol–water partition coefficient (Wildman–Crippen LogP) is 1.77. The van der Waals surface area contributed by atoms with Crippen molar-refractivity contribution in [1.82, 2.24) is 0 Å². The quantitative estimate of drug-likeness (QED) is 0.476. The van der Waals surface area contributed by atoms with Crippen molar-refractivity contribution < 1.29 is 9.90 Å². The maximum Gasteiger partial charge on any atom is 0.336 e. The summed E-state index contributed by atoms with van der Waals surface area (Å²) >= 11 is 5.39. The molecule has 0 saturated heterocycles. The van der Waals surface area contributed by atoms with Crippen LogP contribution in [0.4, 0.5) is 0 Å². The van der Waals surface area contributed by atoms with E-state index in [4.69, 9.17) is 16.7 Å². The molecule has 0 amide bonds. The highest BCUT2D eigenvalue weighted by Crippen LogP contribution is 2.11. The molecule has 0 bridgehead atoms. The van der Waals surface area contributed by atoms with Gasteiger partial charge in [-0.2, -0.15) is 0 Å². The van der Waals surface area contributed by atoms with Gasteiger partial charge in [-0.1, -0.05) is 24.3 Å². The third kappa shape index (κ3) is 2.33. The molecule has 0 heterocycles. The number of hydrogen-bond acceptors (Lipinski definition) is 1. The van der Waals surface area contributed by atoms with E-state index in [-0.39, 0.29) is 10.6 Å². The molecule has 0 unspecified atom stereocenters. The van der Waals surface area contributed by atoms with Crippen LogP contribution in [0.15, 0.2) is 23.3 Å². The monoisotopic (exact) mass is 146 g/mol. The Hall–Kier alpha value is -0.760. The SMILES string of the molecule is C=C(C(=O)O)/C(Cl)=C\C. The Bertz CT molecular complexity index is 170. The summed E-state index contributed by atoms with van der Waals surface area (Å²) in [5, 5.41) is 8.44. The molecular weight excluding hydrogens is 140 g/mol. The zero-order valence-electron chi connectivity index (χ0n) is 5.02. The van der Waals surface area contributed by atoms with Gasteiger partial charge in [0.2, 0.25) is 0 Å². The molecule has 0 fully saturated rings. The van der Waals surface area contributed by atoms with Crippen molar-refractivity contribution in [3.8, 4) is 0 Å². The van der Waals surface area contributed by atoms with Crippen LogP contribution in [0, 0.1) is 0 Å². The Morgan fingerprint density at radius 1 is 1.78 bits per heavy atom. The van der Waals surface area contributed by atoms with Gasteiger partial charge in [0.25, 0.3) is 0 Å². The normalized spacial score (nSPS) is 11.1. The molecule has 0 aromatic carbocycles. The van der Waals surface area contributed by atoms with Crippen molar-refractivity contribution in [2.24, 2.45) is 0 Å². The molecule has 0 radical (unpaired) electrons. The topological polar surface area (TPSA) is 37.3 Å². The van der Waals surface area contributed by atoms with Crippen LogP contribution >= 0.6 is 11.6 Å². The van der Waals surface area contributed by atoms with Crippen LogP contribution in [0.3, 0.4) is 0 Å². The van der Waals surface area contributed by atoms with Gasteiger partial charge in [0.1, 0.15) is 0 Å². The van der Waals surface area contributed by atoms with Gasteiger partial charge in [-0.15, -0.1) is 0 Å². The summed E-state index contributed by atoms with van der Waals surface area (Å²) in [6, 6.07) is 0. The van der Waals surface area contributed by atoms with Crippen molar-refractivity contribution in [1.29, 1.82) is 0 Å². The number of carboxylic acid groups (broad SMARTS) is 1. The van der Waals surface area contributed by atoms with E-state index in [1.54, 1.807) is 6.92 Å². The lowest BCUT2D eigenvalue weighted by atomic mass is 10.3. The van der Waals surface area contributed by atoms with Gasteiger partial charge in [-0.25, -0.2) is 4.79 Å². The predicted molar refractivity (Wildman–Crippen MR) is 36.4 cm³/mol. The van der Waals surface area contributed by atoms with Crippen molar-refractivity contribution in [2.45, 2.75) is 6.92 Å². The van der Waals surface area contributed by atoms with Crippen molar-refractivity contribution in [3.63, 3.8) is 0 Å². The molecule has 3 heteroatoms. The van der Waals surface area contributed by atoms with Crippen molar-refractivity contribution in [2.75, 3.05) is 0 Å². The standard InChI is InChI=1S/C6H7ClO2/c1-3-5(7)4(2)6(8)9/h3H,2H2,1H3,(H,8,9)/b5-3+. The largest absolute Gasteiger partial charge is 0.478 e. The van der Waals surface area contributed by atoms with E-state index >= 15 is 0 Å². The number of rotatable bonds is 2. The molecule has 0 aliphatic heterocycles. The Kier molecular flexibility index (Phi) is 3.02.